The maximum atomic E-state index is 12.0. The third-order valence-electron chi connectivity index (χ3n) is 3.42. The van der Waals surface area contributed by atoms with Gasteiger partial charge >= 0.3 is 0 Å². The molecule has 0 fully saturated rings. The van der Waals surface area contributed by atoms with Crippen molar-refractivity contribution >= 4 is 33.2 Å². The summed E-state index contributed by atoms with van der Waals surface area (Å²) in [7, 11) is 0. The second-order valence-electron chi connectivity index (χ2n) is 5.29. The van der Waals surface area contributed by atoms with E-state index in [1.165, 1.54) is 0 Å². The van der Waals surface area contributed by atoms with Crippen molar-refractivity contribution < 1.29 is 4.79 Å². The number of benzene rings is 1. The lowest BCUT2D eigenvalue weighted by Crippen LogP contribution is -2.27. The first-order chi connectivity index (χ1) is 11.7. The van der Waals surface area contributed by atoms with Crippen LogP contribution in [0, 0.1) is 0 Å². The van der Waals surface area contributed by atoms with Crippen LogP contribution in [0.3, 0.4) is 0 Å². The van der Waals surface area contributed by atoms with Gasteiger partial charge in [0, 0.05) is 34.4 Å². The molecule has 0 aliphatic carbocycles. The highest BCUT2D eigenvalue weighted by Gasteiger charge is 2.09. The largest absolute Gasteiger partial charge is 0.355 e. The van der Waals surface area contributed by atoms with Crippen LogP contribution in [0.25, 0.3) is 10.6 Å². The lowest BCUT2D eigenvalue weighted by Gasteiger charge is -2.04. The summed E-state index contributed by atoms with van der Waals surface area (Å²) in [5.74, 6) is -0.00928. The van der Waals surface area contributed by atoms with Gasteiger partial charge in [0.05, 0.1) is 12.1 Å². The number of carbonyl (C=O) groups excluding carboxylic acids is 1. The van der Waals surface area contributed by atoms with Crippen LogP contribution in [0.5, 0.6) is 0 Å². The molecule has 0 atom stereocenters. The number of pyridine rings is 1. The van der Waals surface area contributed by atoms with Gasteiger partial charge in [0.15, 0.2) is 0 Å². The Labute approximate surface area is 153 Å². The Morgan fingerprint density at radius 2 is 2.17 bits per heavy atom. The third-order valence-corrected chi connectivity index (χ3v) is 4.86. The highest BCUT2D eigenvalue weighted by atomic mass is 79.9. The predicted molar refractivity (Wildman–Crippen MR) is 99.9 cm³/mol. The van der Waals surface area contributed by atoms with Crippen molar-refractivity contribution in [1.29, 1.82) is 0 Å². The van der Waals surface area contributed by atoms with Gasteiger partial charge in [-0.2, -0.15) is 0 Å². The quantitative estimate of drug-likeness (QED) is 0.681. The van der Waals surface area contributed by atoms with Gasteiger partial charge in [0.2, 0.25) is 5.91 Å². The van der Waals surface area contributed by atoms with Crippen molar-refractivity contribution in [2.45, 2.75) is 12.8 Å². The van der Waals surface area contributed by atoms with E-state index in [2.05, 4.69) is 31.2 Å². The number of nitrogens with one attached hydrogen (secondary N) is 1. The lowest BCUT2D eigenvalue weighted by molar-refractivity contribution is -0.120. The van der Waals surface area contributed by atoms with Crippen molar-refractivity contribution in [3.05, 3.63) is 69.9 Å². The Hall–Kier alpha value is -2.05. The van der Waals surface area contributed by atoms with Crippen LogP contribution in [-0.2, 0) is 17.6 Å². The number of nitrogens with zero attached hydrogens (tertiary/aromatic N) is 2. The first-order valence-corrected chi connectivity index (χ1v) is 9.24. The number of halogens is 1. The minimum Gasteiger partial charge on any atom is -0.355 e. The topological polar surface area (TPSA) is 54.9 Å². The van der Waals surface area contributed by atoms with Crippen LogP contribution in [0.1, 0.15) is 11.3 Å². The molecule has 0 saturated heterocycles. The maximum Gasteiger partial charge on any atom is 0.226 e. The summed E-state index contributed by atoms with van der Waals surface area (Å²) in [5.41, 5.74) is 2.97. The molecule has 0 saturated carbocycles. The van der Waals surface area contributed by atoms with Crippen molar-refractivity contribution in [2.75, 3.05) is 6.54 Å². The van der Waals surface area contributed by atoms with E-state index in [1.807, 2.05) is 48.0 Å². The summed E-state index contributed by atoms with van der Waals surface area (Å²) >= 11 is 5.02. The summed E-state index contributed by atoms with van der Waals surface area (Å²) in [6.07, 6.45) is 4.64. The molecule has 0 aliphatic rings. The number of hydrogen-bond donors (Lipinski definition) is 1. The molecule has 0 radical (unpaired) electrons. The predicted octanol–water partition coefficient (Wildman–Crippen LogP) is 3.87. The van der Waals surface area contributed by atoms with Crippen LogP contribution in [-0.4, -0.2) is 22.4 Å². The fraction of sp³-hybridized carbons (Fsp3) is 0.167. The van der Waals surface area contributed by atoms with E-state index in [9.17, 15) is 4.79 Å². The molecule has 0 unspecified atom stereocenters. The molecule has 1 aromatic carbocycles. The lowest BCUT2D eigenvalue weighted by atomic mass is 10.2. The maximum absolute atomic E-state index is 12.0. The average molecular weight is 402 g/mol. The fourth-order valence-electron chi connectivity index (χ4n) is 2.26. The van der Waals surface area contributed by atoms with Crippen LogP contribution < -0.4 is 5.32 Å². The number of amides is 1. The van der Waals surface area contributed by atoms with E-state index >= 15 is 0 Å². The summed E-state index contributed by atoms with van der Waals surface area (Å²) in [6.45, 7) is 0.604. The number of rotatable bonds is 6. The van der Waals surface area contributed by atoms with Gasteiger partial charge in [-0.1, -0.05) is 34.1 Å². The smallest absolute Gasteiger partial charge is 0.226 e. The molecule has 24 heavy (non-hydrogen) atoms. The second-order valence-corrected chi connectivity index (χ2v) is 7.07. The average Bonchev–Trinajstić information content (AvgIpc) is 3.04. The zero-order chi connectivity index (χ0) is 16.8. The van der Waals surface area contributed by atoms with Crippen molar-refractivity contribution in [3.63, 3.8) is 0 Å². The fourth-order valence-corrected chi connectivity index (χ4v) is 3.48. The van der Waals surface area contributed by atoms with Crippen molar-refractivity contribution in [1.82, 2.24) is 15.3 Å². The van der Waals surface area contributed by atoms with E-state index in [0.29, 0.717) is 13.0 Å². The molecule has 3 aromatic rings. The molecule has 0 bridgehead atoms. The van der Waals surface area contributed by atoms with Gasteiger partial charge in [0.1, 0.15) is 5.01 Å². The highest BCUT2D eigenvalue weighted by Crippen LogP contribution is 2.26. The first-order valence-electron chi connectivity index (χ1n) is 7.56. The van der Waals surface area contributed by atoms with Crippen molar-refractivity contribution in [2.24, 2.45) is 0 Å². The molecule has 2 heterocycles. The van der Waals surface area contributed by atoms with E-state index in [4.69, 9.17) is 0 Å². The molecule has 4 nitrogen and oxygen atoms in total. The Bertz CT molecular complexity index is 820. The number of aromatic nitrogens is 2. The van der Waals surface area contributed by atoms with Crippen LogP contribution in [0.4, 0.5) is 0 Å². The van der Waals surface area contributed by atoms with Crippen molar-refractivity contribution in [3.8, 4) is 10.6 Å². The van der Waals surface area contributed by atoms with E-state index in [1.54, 1.807) is 17.5 Å². The Morgan fingerprint density at radius 1 is 1.25 bits per heavy atom. The Balaban J connectivity index is 1.52. The van der Waals surface area contributed by atoms with Gasteiger partial charge in [-0.15, -0.1) is 11.3 Å². The van der Waals surface area contributed by atoms with Gasteiger partial charge in [-0.3, -0.25) is 9.78 Å². The van der Waals surface area contributed by atoms with E-state index in [-0.39, 0.29) is 5.91 Å². The second kappa shape index (κ2) is 8.17. The van der Waals surface area contributed by atoms with Gasteiger partial charge in [0.25, 0.3) is 0 Å². The molecule has 6 heteroatoms. The highest BCUT2D eigenvalue weighted by molar-refractivity contribution is 9.10. The van der Waals surface area contributed by atoms with Crippen LogP contribution in [0.15, 0.2) is 58.6 Å². The minimum absolute atomic E-state index is 0.00928. The normalized spacial score (nSPS) is 10.5. The van der Waals surface area contributed by atoms with E-state index in [0.717, 1.165) is 32.7 Å². The zero-order valence-corrected chi connectivity index (χ0v) is 15.3. The molecular weight excluding hydrogens is 386 g/mol. The Kier molecular flexibility index (Phi) is 5.72. The summed E-state index contributed by atoms with van der Waals surface area (Å²) in [4.78, 5) is 20.7. The third kappa shape index (κ3) is 4.72. The van der Waals surface area contributed by atoms with E-state index < -0.39 is 0 Å². The monoisotopic (exact) mass is 401 g/mol. The SMILES string of the molecule is O=C(Cc1csc(-c2cccc(Br)c2)n1)NCCc1cccnc1. The van der Waals surface area contributed by atoms with Crippen LogP contribution >= 0.6 is 27.3 Å². The number of thiazole rings is 1. The molecule has 122 valence electrons. The van der Waals surface area contributed by atoms with Gasteiger partial charge in [-0.05, 0) is 30.2 Å². The summed E-state index contributed by atoms with van der Waals surface area (Å²) < 4.78 is 1.02. The molecule has 2 aromatic heterocycles. The molecular formula is C18H16BrN3OS. The minimum atomic E-state index is -0.00928. The molecule has 3 rings (SSSR count). The molecule has 0 spiro atoms. The first kappa shape index (κ1) is 16.8. The number of hydrogen-bond acceptors (Lipinski definition) is 4. The standard InChI is InChI=1S/C18H16BrN3OS/c19-15-5-1-4-14(9-15)18-22-16(12-24-18)10-17(23)21-8-6-13-3-2-7-20-11-13/h1-5,7,9,11-12H,6,8,10H2,(H,21,23). The van der Waals surface area contributed by atoms with Gasteiger partial charge in [-0.25, -0.2) is 4.98 Å². The Morgan fingerprint density at radius 3 is 2.96 bits per heavy atom. The zero-order valence-electron chi connectivity index (χ0n) is 12.9. The number of carbonyl (C=O) groups is 1. The molecule has 1 amide bonds. The molecule has 1 N–H and O–H groups in total. The van der Waals surface area contributed by atoms with Crippen LogP contribution in [0.2, 0.25) is 0 Å². The molecule has 0 aliphatic heterocycles. The van der Waals surface area contributed by atoms with Gasteiger partial charge < -0.3 is 5.32 Å². The summed E-state index contributed by atoms with van der Waals surface area (Å²) in [5, 5.41) is 5.80. The summed E-state index contributed by atoms with van der Waals surface area (Å²) in [6, 6.07) is 11.9.